The molecule has 2 heterocycles. The first kappa shape index (κ1) is 11.2. The average molecular weight is 237 g/mol. The van der Waals surface area contributed by atoms with Gasteiger partial charge in [0, 0.05) is 19.4 Å². The van der Waals surface area contributed by atoms with Crippen LogP contribution in [0.2, 0.25) is 0 Å². The van der Waals surface area contributed by atoms with Crippen molar-refractivity contribution in [2.45, 2.75) is 19.4 Å². The normalized spacial score (nSPS) is 12.9. The van der Waals surface area contributed by atoms with E-state index in [0.29, 0.717) is 0 Å². The van der Waals surface area contributed by atoms with Gasteiger partial charge in [0.1, 0.15) is 11.9 Å². The third kappa shape index (κ3) is 1.85. The van der Waals surface area contributed by atoms with Crippen LogP contribution in [0.5, 0.6) is 0 Å². The molecule has 2 aromatic rings. The molecule has 0 bridgehead atoms. The molecule has 0 fully saturated rings. The summed E-state index contributed by atoms with van der Waals surface area (Å²) >= 11 is 1.44. The maximum Gasteiger partial charge on any atom is 0.131 e. The van der Waals surface area contributed by atoms with Crippen molar-refractivity contribution in [3.05, 3.63) is 28.8 Å². The van der Waals surface area contributed by atoms with Crippen LogP contribution in [0.15, 0.2) is 12.4 Å². The summed E-state index contributed by atoms with van der Waals surface area (Å²) in [6, 6.07) is 0.0787. The molecule has 0 aliphatic heterocycles. The van der Waals surface area contributed by atoms with E-state index in [2.05, 4.69) is 26.8 Å². The van der Waals surface area contributed by atoms with Crippen molar-refractivity contribution in [3.8, 4) is 0 Å². The molecule has 86 valence electrons. The number of hydrogen-bond donors (Lipinski definition) is 1. The zero-order valence-electron chi connectivity index (χ0n) is 9.64. The van der Waals surface area contributed by atoms with Crippen LogP contribution in [0, 0.1) is 0 Å². The topological polar surface area (TPSA) is 55.6 Å². The van der Waals surface area contributed by atoms with E-state index >= 15 is 0 Å². The number of aromatic nitrogens is 4. The van der Waals surface area contributed by atoms with Crippen LogP contribution in [0.4, 0.5) is 0 Å². The first-order chi connectivity index (χ1) is 7.77. The summed E-state index contributed by atoms with van der Waals surface area (Å²) in [5.41, 5.74) is 1.05. The number of aryl methyl sites for hydroxylation is 2. The highest BCUT2D eigenvalue weighted by molar-refractivity contribution is 7.05. The Hall–Kier alpha value is -1.27. The Morgan fingerprint density at radius 3 is 2.94 bits per heavy atom. The van der Waals surface area contributed by atoms with Crippen molar-refractivity contribution in [3.63, 3.8) is 0 Å². The first-order valence-corrected chi connectivity index (χ1v) is 6.00. The molecule has 16 heavy (non-hydrogen) atoms. The monoisotopic (exact) mass is 237 g/mol. The molecule has 0 aliphatic rings. The number of imidazole rings is 1. The summed E-state index contributed by atoms with van der Waals surface area (Å²) in [5, 5.41) is 7.40. The Labute approximate surface area is 98.7 Å². The molecule has 1 atom stereocenters. The molecular weight excluding hydrogens is 222 g/mol. The lowest BCUT2D eigenvalue weighted by atomic mass is 10.1. The summed E-state index contributed by atoms with van der Waals surface area (Å²) in [4.78, 5) is 5.52. The summed E-state index contributed by atoms with van der Waals surface area (Å²) in [5.74, 6) is 0.989. The van der Waals surface area contributed by atoms with Crippen LogP contribution in [-0.4, -0.2) is 26.2 Å². The first-order valence-electron chi connectivity index (χ1n) is 5.23. The van der Waals surface area contributed by atoms with E-state index in [-0.39, 0.29) is 6.04 Å². The van der Waals surface area contributed by atoms with Gasteiger partial charge < -0.3 is 9.88 Å². The molecule has 0 spiro atoms. The third-order valence-electron chi connectivity index (χ3n) is 2.59. The lowest BCUT2D eigenvalue weighted by molar-refractivity contribution is 0.619. The quantitative estimate of drug-likeness (QED) is 0.866. The maximum atomic E-state index is 4.37. The van der Waals surface area contributed by atoms with Crippen molar-refractivity contribution < 1.29 is 0 Å². The van der Waals surface area contributed by atoms with E-state index in [0.717, 1.165) is 22.8 Å². The third-order valence-corrected chi connectivity index (χ3v) is 3.42. The lowest BCUT2D eigenvalue weighted by Gasteiger charge is -2.14. The van der Waals surface area contributed by atoms with Crippen LogP contribution in [0.1, 0.15) is 29.4 Å². The van der Waals surface area contributed by atoms with Crippen molar-refractivity contribution in [1.29, 1.82) is 0 Å². The van der Waals surface area contributed by atoms with Gasteiger partial charge in [-0.1, -0.05) is 11.4 Å². The van der Waals surface area contributed by atoms with E-state index in [4.69, 9.17) is 0 Å². The molecule has 0 aliphatic carbocycles. The standard InChI is InChI=1S/C10H15N5S/c1-4-7-9(16-14-13-7)8(11-2)10-12-5-6-15(10)3/h5-6,8,11H,4H2,1-3H3. The van der Waals surface area contributed by atoms with Gasteiger partial charge in [0.25, 0.3) is 0 Å². The molecule has 2 rings (SSSR count). The highest BCUT2D eigenvalue weighted by atomic mass is 32.1. The van der Waals surface area contributed by atoms with Crippen LogP contribution in [0.3, 0.4) is 0 Å². The minimum Gasteiger partial charge on any atom is -0.336 e. The maximum absolute atomic E-state index is 4.37. The molecule has 0 radical (unpaired) electrons. The number of hydrogen-bond acceptors (Lipinski definition) is 5. The van der Waals surface area contributed by atoms with Crippen LogP contribution in [0.25, 0.3) is 0 Å². The second-order valence-corrected chi connectivity index (χ2v) is 4.34. The van der Waals surface area contributed by atoms with Gasteiger partial charge in [-0.25, -0.2) is 4.98 Å². The summed E-state index contributed by atoms with van der Waals surface area (Å²) in [6.45, 7) is 2.09. The highest BCUT2D eigenvalue weighted by Gasteiger charge is 2.21. The predicted octanol–water partition coefficient (Wildman–Crippen LogP) is 1.14. The molecule has 0 saturated heterocycles. The van der Waals surface area contributed by atoms with Crippen LogP contribution >= 0.6 is 11.5 Å². The molecule has 1 unspecified atom stereocenters. The average Bonchev–Trinajstić information content (AvgIpc) is 2.90. The Kier molecular flexibility index (Phi) is 3.31. The van der Waals surface area contributed by atoms with E-state index in [1.807, 2.05) is 24.9 Å². The second kappa shape index (κ2) is 4.71. The van der Waals surface area contributed by atoms with E-state index in [1.54, 1.807) is 6.20 Å². The van der Waals surface area contributed by atoms with Gasteiger partial charge in [-0.15, -0.1) is 5.10 Å². The number of nitrogens with zero attached hydrogens (tertiary/aromatic N) is 4. The lowest BCUT2D eigenvalue weighted by Crippen LogP contribution is -2.21. The van der Waals surface area contributed by atoms with Gasteiger partial charge in [0.15, 0.2) is 0 Å². The number of nitrogens with one attached hydrogen (secondary N) is 1. The largest absolute Gasteiger partial charge is 0.336 e. The van der Waals surface area contributed by atoms with Gasteiger partial charge in [-0.3, -0.25) is 0 Å². The summed E-state index contributed by atoms with van der Waals surface area (Å²) in [6.07, 6.45) is 4.65. The van der Waals surface area contributed by atoms with E-state index in [9.17, 15) is 0 Å². The number of rotatable bonds is 4. The van der Waals surface area contributed by atoms with E-state index in [1.165, 1.54) is 11.5 Å². The summed E-state index contributed by atoms with van der Waals surface area (Å²) < 4.78 is 6.03. The molecule has 6 heteroatoms. The fourth-order valence-corrected chi connectivity index (χ4v) is 2.56. The molecular formula is C10H15N5S. The van der Waals surface area contributed by atoms with Gasteiger partial charge in [0.05, 0.1) is 10.6 Å². The zero-order chi connectivity index (χ0) is 11.5. The fourth-order valence-electron chi connectivity index (χ4n) is 1.71. The smallest absolute Gasteiger partial charge is 0.131 e. The zero-order valence-corrected chi connectivity index (χ0v) is 10.5. The van der Waals surface area contributed by atoms with Crippen molar-refractivity contribution in [2.75, 3.05) is 7.05 Å². The molecule has 2 aromatic heterocycles. The van der Waals surface area contributed by atoms with Crippen molar-refractivity contribution in [1.82, 2.24) is 24.5 Å². The molecule has 0 amide bonds. The van der Waals surface area contributed by atoms with E-state index < -0.39 is 0 Å². The minimum atomic E-state index is 0.0787. The minimum absolute atomic E-state index is 0.0787. The fraction of sp³-hybridized carbons (Fsp3) is 0.500. The molecule has 0 saturated carbocycles. The SMILES string of the molecule is CCc1nnsc1C(NC)c1nccn1C. The summed E-state index contributed by atoms with van der Waals surface area (Å²) in [7, 11) is 3.92. The highest BCUT2D eigenvalue weighted by Crippen LogP contribution is 2.25. The Morgan fingerprint density at radius 1 is 1.56 bits per heavy atom. The molecule has 1 N–H and O–H groups in total. The van der Waals surface area contributed by atoms with Gasteiger partial charge in [0.2, 0.25) is 0 Å². The Morgan fingerprint density at radius 2 is 2.38 bits per heavy atom. The Balaban J connectivity index is 2.40. The van der Waals surface area contributed by atoms with Gasteiger partial charge in [-0.05, 0) is 25.0 Å². The van der Waals surface area contributed by atoms with Crippen LogP contribution in [-0.2, 0) is 13.5 Å². The molecule has 0 aromatic carbocycles. The molecule has 5 nitrogen and oxygen atoms in total. The van der Waals surface area contributed by atoms with Crippen LogP contribution < -0.4 is 5.32 Å². The second-order valence-electron chi connectivity index (χ2n) is 3.56. The van der Waals surface area contributed by atoms with Crippen molar-refractivity contribution >= 4 is 11.5 Å². The van der Waals surface area contributed by atoms with Gasteiger partial charge >= 0.3 is 0 Å². The predicted molar refractivity (Wildman–Crippen MR) is 63.4 cm³/mol. The van der Waals surface area contributed by atoms with Crippen molar-refractivity contribution in [2.24, 2.45) is 7.05 Å². The Bertz CT molecular complexity index is 461. The van der Waals surface area contributed by atoms with Gasteiger partial charge in [-0.2, -0.15) is 0 Å².